The van der Waals surface area contributed by atoms with E-state index in [4.69, 9.17) is 201 Å². The minimum atomic E-state index is -3.32. The van der Waals surface area contributed by atoms with Crippen molar-refractivity contribution in [3.63, 3.8) is 0 Å². The highest BCUT2D eigenvalue weighted by atomic mass is 35.5. The van der Waals surface area contributed by atoms with Crippen molar-refractivity contribution >= 4 is 122 Å². The van der Waals surface area contributed by atoms with Crippen molar-refractivity contribution in [3.8, 4) is 0 Å². The zero-order valence-electron chi connectivity index (χ0n) is 111. The molecule has 0 aliphatic heterocycles. The average Bonchev–Trinajstić information content (AvgIpc) is 0.611. The summed E-state index contributed by atoms with van der Waals surface area (Å²) in [6, 6.07) is -26.3. The Bertz CT molecular complexity index is 7680. The minimum absolute atomic E-state index is 0.243. The van der Waals surface area contributed by atoms with Gasteiger partial charge in [0.1, 0.15) is 38.8 Å². The Hall–Kier alpha value is -7.84. The van der Waals surface area contributed by atoms with E-state index < -0.39 is 448 Å². The van der Waals surface area contributed by atoms with E-state index in [1.54, 1.807) is 0 Å². The molecule has 7 aromatic rings. The van der Waals surface area contributed by atoms with E-state index in [9.17, 15) is 33.6 Å². The Balaban J connectivity index is 0.000000230. The van der Waals surface area contributed by atoms with E-state index in [1.165, 1.54) is 0 Å². The zero-order valence-corrected chi connectivity index (χ0v) is 57.9. The first kappa shape index (κ1) is 34.2. The quantitative estimate of drug-likeness (QED) is 0.0781. The Morgan fingerprint density at radius 1 is 0.248 bits per heavy atom. The van der Waals surface area contributed by atoms with Gasteiger partial charge in [0.15, 0.2) is 40.5 Å². The number of hydrogen-bond acceptors (Lipinski definition) is 14. The summed E-state index contributed by atoms with van der Waals surface area (Å²) in [7, 11) is 0. The van der Waals surface area contributed by atoms with Crippen LogP contribution in [0.1, 0.15) is 208 Å². The maximum absolute atomic E-state index is 12.6. The number of allylic oxidation sites excluding steroid dienone is 7. The lowest BCUT2D eigenvalue weighted by Crippen LogP contribution is -2.45. The molecule has 7 aliphatic rings. The summed E-state index contributed by atoms with van der Waals surface area (Å²) >= 11 is 41.5. The van der Waals surface area contributed by atoms with Gasteiger partial charge in [-0.2, -0.15) is 0 Å². The Labute approximate surface area is 729 Å². The van der Waals surface area contributed by atoms with E-state index >= 15 is 0 Å². The molecule has 7 unspecified atom stereocenters. The summed E-state index contributed by atoms with van der Waals surface area (Å²) in [5.41, 5.74) is 18.0. The molecule has 0 bridgehead atoms. The molecular formula is C84H84Cl7N7O7. The first-order chi connectivity index (χ1) is 73.2. The third-order valence-electron chi connectivity index (χ3n) is 14.1. The van der Waals surface area contributed by atoms with E-state index in [-0.39, 0.29) is 12.5 Å². The van der Waals surface area contributed by atoms with Crippen molar-refractivity contribution in [2.45, 2.75) is 128 Å². The molecule has 0 amide bonds. The van der Waals surface area contributed by atoms with Crippen LogP contribution >= 0.6 is 81.2 Å². The summed E-state index contributed by atoms with van der Waals surface area (Å²) in [6.07, 6.45) is -28.6. The molecule has 0 saturated heterocycles. The molecule has 546 valence electrons. The molecule has 0 saturated carbocycles. The number of halogens is 7. The van der Waals surface area contributed by atoms with Gasteiger partial charge in [-0.25, -0.2) is 0 Å². The van der Waals surface area contributed by atoms with Crippen LogP contribution in [-0.4, -0.2) is 40.5 Å². The third kappa shape index (κ3) is 19.5. The summed E-state index contributed by atoms with van der Waals surface area (Å²) < 4.78 is 451. The monoisotopic (exact) mass is 1610 g/mol. The first-order valence-electron chi connectivity index (χ1n) is 57.6. The summed E-state index contributed by atoms with van der Waals surface area (Å²) in [6.45, 7) is 0. The fourth-order valence-electron chi connectivity index (χ4n) is 8.57. The molecule has 21 heteroatoms. The SMILES string of the molecule is [2H]C1=C([2H])C(=O)C(N)(c2c([2H])c([2H])c([2H])c([2H])c2Cl)C([2H])([2H])C1.[2H]C1=C([2H])C([2H])([2H])C([2H])([2H])C(N)(c2c([2H])c([2H])c([2H])c([2H])c2Cl)C1=O.[2H]C1=CC(=O)C(N)(c2c([2H])c([2H])c([2H])c([2H])c2Cl)C([2H])([2H])C1.[2H]C1=CC(=O)C(N)(c2c([2H])c([2H])c([2H])c([2H])c2Cl)C([2H])([2H])C1([2H])[2H].[2H]C1=CC([2H])([2H])C([2H])([2H])C(N)(c2c([2H])c([2H])c([2H])c([2H])c2Cl)C1=O.[2H]C1=CCC([2H])([2H])C(N)(c2c([2H])c([2H])c([2H])c([2H])c2Cl)C1=O.[2H]c1c([2H])c([2H])c(C2(N)C(=O)C=CC([2H])([2H])C2([2H])[2H])c(Cl)c1[2H]. The van der Waals surface area contributed by atoms with E-state index in [2.05, 4.69) is 0 Å². The third-order valence-corrected chi connectivity index (χ3v) is 16.1. The lowest BCUT2D eigenvalue weighted by atomic mass is 9.79. The van der Waals surface area contributed by atoms with Crippen LogP contribution in [0.25, 0.3) is 0 Å². The van der Waals surface area contributed by atoms with Gasteiger partial charge in [-0.3, -0.25) is 33.6 Å². The van der Waals surface area contributed by atoms with Gasteiger partial charge in [0, 0.05) is 65.3 Å². The summed E-state index contributed by atoms with van der Waals surface area (Å²) in [4.78, 5) is 86.8. The maximum atomic E-state index is 12.6. The predicted octanol–water partition coefficient (Wildman–Crippen LogP) is 16.9. The molecule has 14 N–H and O–H groups in total. The van der Waals surface area contributed by atoms with Crippen molar-refractivity contribution in [1.29, 1.82) is 0 Å². The topological polar surface area (TPSA) is 302 Å². The molecule has 7 aromatic carbocycles. The van der Waals surface area contributed by atoms with Crippen LogP contribution in [0.4, 0.5) is 0 Å². The van der Waals surface area contributed by atoms with Gasteiger partial charge >= 0.3 is 0 Å². The molecular weight excluding hydrogens is 1470 g/mol. The molecule has 0 radical (unpaired) electrons. The molecule has 0 spiro atoms. The summed E-state index contributed by atoms with van der Waals surface area (Å²) in [5.74, 6) is -8.34. The number of ketones is 7. The second kappa shape index (κ2) is 37.1. The highest BCUT2D eigenvalue weighted by Crippen LogP contribution is 2.40. The molecule has 7 atom stereocenters. The lowest BCUT2D eigenvalue weighted by Gasteiger charge is -2.30. The van der Waals surface area contributed by atoms with Gasteiger partial charge in [0.05, 0.1) is 49.3 Å². The van der Waals surface area contributed by atoms with E-state index in [0.29, 0.717) is 12.2 Å². The standard InChI is InChI=1S/7C12H12ClNO/c7*13-10-6-2-1-5-9(10)12(14)8-4-3-7-11(12)15/h7*1-3,5-7H,4,8,14H2/i1D,2D,3D,4D2,5D,6D,7D,8D2;1D,2D,4D2,5D,6D,7D,8D2;1D,2D,3D,5D,6D,7D,8D2;1D,2D,3D,4D2,5D,6D,8D2;1D,2D,5D,6D,7D,8D2;1D,2D,4D2,5D,6D,8D2;1D,2D,3D,5D,6D,8D2. The molecule has 0 heterocycles. The van der Waals surface area contributed by atoms with Gasteiger partial charge in [0.2, 0.25) is 0 Å². The number of nitrogens with two attached hydrogens (primary N) is 7. The van der Waals surface area contributed by atoms with Crippen molar-refractivity contribution in [2.75, 3.05) is 0 Å². The maximum Gasteiger partial charge on any atom is 0.179 e. The van der Waals surface area contributed by atoms with Crippen LogP contribution in [0, 0.1) is 0 Å². The summed E-state index contributed by atoms with van der Waals surface area (Å²) in [5, 5.41) is -4.29. The molecule has 14 rings (SSSR count). The zero-order chi connectivity index (χ0) is 127. The second-order valence-corrected chi connectivity index (χ2v) is 23.3. The Morgan fingerprint density at radius 3 is 0.857 bits per heavy atom. The van der Waals surface area contributed by atoms with Crippen LogP contribution in [0.15, 0.2) is 254 Å². The van der Waals surface area contributed by atoms with Crippen molar-refractivity contribution in [1.82, 2.24) is 0 Å². The highest BCUT2D eigenvalue weighted by molar-refractivity contribution is 6.34. The fraction of sp³-hybridized carbons (Fsp3) is 0.250. The minimum Gasteiger partial charge on any atom is -0.315 e. The van der Waals surface area contributed by atoms with Crippen LogP contribution in [0.5, 0.6) is 0 Å². The molecule has 7 aliphatic carbocycles. The molecule has 14 nitrogen and oxygen atoms in total. The Kier molecular flexibility index (Phi) is 12.1. The molecule has 105 heavy (non-hydrogen) atoms. The number of benzene rings is 7. The van der Waals surface area contributed by atoms with Gasteiger partial charge in [-0.05, 0) is 213 Å². The average molecular weight is 1610 g/mol. The molecule has 0 aromatic heterocycles. The van der Waals surface area contributed by atoms with Gasteiger partial charge in [0.25, 0.3) is 0 Å². The van der Waals surface area contributed by atoms with Crippen LogP contribution in [0.3, 0.4) is 0 Å². The van der Waals surface area contributed by atoms with Gasteiger partial charge in [-0.15, -0.1) is 0 Å². The predicted molar refractivity (Wildman–Crippen MR) is 425 cm³/mol. The first-order valence-corrected chi connectivity index (χ1v) is 31.3. The number of carbonyl (C=O) groups excluding carboxylic acids is 7. The van der Waals surface area contributed by atoms with Crippen LogP contribution in [-0.2, 0) is 72.3 Å². The normalized spacial score (nSPS) is 39.5. The van der Waals surface area contributed by atoms with Gasteiger partial charge < -0.3 is 40.1 Å². The lowest BCUT2D eigenvalue weighted by molar-refractivity contribution is -0.121. The van der Waals surface area contributed by atoms with Gasteiger partial charge in [-0.1, -0.05) is 251 Å². The van der Waals surface area contributed by atoms with Crippen molar-refractivity contribution in [2.24, 2.45) is 40.1 Å². The van der Waals surface area contributed by atoms with Crippen LogP contribution < -0.4 is 40.1 Å². The smallest absolute Gasteiger partial charge is 0.179 e. The highest BCUT2D eigenvalue weighted by Gasteiger charge is 2.42. The van der Waals surface area contributed by atoms with Crippen LogP contribution in [0.2, 0.25) is 35.2 Å². The Morgan fingerprint density at radius 2 is 0.486 bits per heavy atom. The van der Waals surface area contributed by atoms with Crippen molar-refractivity contribution in [3.05, 3.63) is 328 Å². The second-order valence-electron chi connectivity index (χ2n) is 20.7. The molecule has 0 fully saturated rings. The number of hydrogen-bond donors (Lipinski definition) is 7. The number of rotatable bonds is 7. The fourth-order valence-corrected chi connectivity index (χ4v) is 10.3. The number of carbonyl (C=O) groups is 7. The largest absolute Gasteiger partial charge is 0.315 e. The van der Waals surface area contributed by atoms with E-state index in [0.717, 1.165) is 24.3 Å². The van der Waals surface area contributed by atoms with Crippen molar-refractivity contribution < 1.29 is 113 Å². The van der Waals surface area contributed by atoms with E-state index in [1.807, 2.05) is 0 Å².